The van der Waals surface area contributed by atoms with E-state index in [0.29, 0.717) is 0 Å². The summed E-state index contributed by atoms with van der Waals surface area (Å²) >= 11 is 0. The highest BCUT2D eigenvalue weighted by Gasteiger charge is 2.24. The number of hydrogen-bond donors (Lipinski definition) is 4. The fourth-order valence-electron chi connectivity index (χ4n) is 0.376. The lowest BCUT2D eigenvalue weighted by Crippen LogP contribution is -2.36. The van der Waals surface area contributed by atoms with Crippen molar-refractivity contribution in [2.75, 3.05) is 6.54 Å². The lowest BCUT2D eigenvalue weighted by molar-refractivity contribution is -0.120. The van der Waals surface area contributed by atoms with Gasteiger partial charge in [-0.1, -0.05) is 0 Å². The first kappa shape index (κ1) is 10.6. The van der Waals surface area contributed by atoms with Gasteiger partial charge in [0.1, 0.15) is 5.78 Å². The van der Waals surface area contributed by atoms with Crippen LogP contribution in [-0.4, -0.2) is 28.0 Å². The quantitative estimate of drug-likeness (QED) is 0.400. The van der Waals surface area contributed by atoms with Crippen molar-refractivity contribution < 1.29 is 19.1 Å². The molecule has 0 aliphatic carbocycles. The van der Waals surface area contributed by atoms with Gasteiger partial charge in [-0.05, 0) is 6.92 Å². The van der Waals surface area contributed by atoms with Gasteiger partial charge >= 0.3 is 7.60 Å². The molecule has 1 unspecified atom stereocenters. The normalized spacial score (nSPS) is 14.2. The van der Waals surface area contributed by atoms with Crippen molar-refractivity contribution in [3.63, 3.8) is 0 Å². The van der Waals surface area contributed by atoms with Gasteiger partial charge in [0.05, 0.1) is 6.54 Å². The zero-order chi connectivity index (χ0) is 9.07. The highest BCUT2D eigenvalue weighted by molar-refractivity contribution is 7.52. The van der Waals surface area contributed by atoms with Crippen LogP contribution in [-0.2, 0) is 9.36 Å². The highest BCUT2D eigenvalue weighted by Crippen LogP contribution is 2.38. The van der Waals surface area contributed by atoms with E-state index in [1.807, 2.05) is 5.32 Å². The molecule has 0 spiro atoms. The molecule has 0 fully saturated rings. The van der Waals surface area contributed by atoms with Gasteiger partial charge in [-0.2, -0.15) is 0 Å². The summed E-state index contributed by atoms with van der Waals surface area (Å²) in [6.45, 7) is 0.943. The maximum Gasteiger partial charge on any atom is 0.347 e. The van der Waals surface area contributed by atoms with Crippen molar-refractivity contribution in [3.8, 4) is 0 Å². The summed E-state index contributed by atoms with van der Waals surface area (Å²) in [5.41, 5.74) is 4.90. The van der Waals surface area contributed by atoms with Gasteiger partial charge in [0.25, 0.3) is 0 Å². The van der Waals surface area contributed by atoms with E-state index in [0.717, 1.165) is 0 Å². The van der Waals surface area contributed by atoms with Gasteiger partial charge in [0, 0.05) is 0 Å². The zero-order valence-corrected chi connectivity index (χ0v) is 6.91. The monoisotopic (exact) mass is 182 g/mol. The van der Waals surface area contributed by atoms with E-state index in [-0.39, 0.29) is 6.54 Å². The lowest BCUT2D eigenvalue weighted by atomic mass is 10.6. The number of nitrogens with one attached hydrogen (secondary N) is 1. The zero-order valence-electron chi connectivity index (χ0n) is 6.02. The molecule has 1 atom stereocenters. The molecule has 7 heteroatoms. The number of rotatable bonds is 3. The average molecular weight is 182 g/mol. The summed E-state index contributed by atoms with van der Waals surface area (Å²) < 4.78 is 10.4. The predicted octanol–water partition coefficient (Wildman–Crippen LogP) is -1.42. The van der Waals surface area contributed by atoms with Crippen LogP contribution in [0.15, 0.2) is 0 Å². The van der Waals surface area contributed by atoms with Crippen molar-refractivity contribution in [2.45, 2.75) is 12.7 Å². The van der Waals surface area contributed by atoms with Crippen LogP contribution in [0.3, 0.4) is 0 Å². The van der Waals surface area contributed by atoms with Crippen LogP contribution in [0.4, 0.5) is 0 Å². The second-order valence-corrected chi connectivity index (χ2v) is 3.99. The molecule has 0 bridgehead atoms. The third-order valence-electron chi connectivity index (χ3n) is 1.06. The molecule has 1 amide bonds. The Morgan fingerprint density at radius 3 is 2.45 bits per heavy atom. The van der Waals surface area contributed by atoms with Crippen molar-refractivity contribution >= 4 is 13.5 Å². The van der Waals surface area contributed by atoms with Crippen molar-refractivity contribution in [1.29, 1.82) is 0 Å². The number of carbonyl (C=O) groups excluding carboxylic acids is 1. The van der Waals surface area contributed by atoms with Crippen LogP contribution in [0.1, 0.15) is 6.92 Å². The SMILES string of the molecule is CC(NC(=O)CN)P(=O)(O)O. The molecule has 0 aromatic rings. The summed E-state index contributed by atoms with van der Waals surface area (Å²) in [6.07, 6.45) is 0. The van der Waals surface area contributed by atoms with E-state index in [1.165, 1.54) is 6.92 Å². The van der Waals surface area contributed by atoms with Gasteiger partial charge in [0.15, 0.2) is 0 Å². The third-order valence-corrected chi connectivity index (χ3v) is 2.20. The van der Waals surface area contributed by atoms with Crippen LogP contribution in [0.2, 0.25) is 0 Å². The Morgan fingerprint density at radius 1 is 1.73 bits per heavy atom. The lowest BCUT2D eigenvalue weighted by Gasteiger charge is -2.13. The maximum absolute atomic E-state index is 10.5. The molecule has 0 heterocycles. The number of amides is 1. The second-order valence-electron chi connectivity index (χ2n) is 2.04. The van der Waals surface area contributed by atoms with Crippen molar-refractivity contribution in [3.05, 3.63) is 0 Å². The maximum atomic E-state index is 10.5. The summed E-state index contributed by atoms with van der Waals surface area (Å²) in [6, 6.07) is 0. The Bertz CT molecular complexity index is 189. The summed E-state index contributed by atoms with van der Waals surface area (Å²) in [4.78, 5) is 27.5. The van der Waals surface area contributed by atoms with E-state index in [1.54, 1.807) is 0 Å². The number of nitrogens with two attached hydrogens (primary N) is 1. The minimum atomic E-state index is -4.21. The Balaban J connectivity index is 3.98. The van der Waals surface area contributed by atoms with Crippen LogP contribution in [0, 0.1) is 0 Å². The molecule has 0 saturated heterocycles. The molecule has 11 heavy (non-hydrogen) atoms. The van der Waals surface area contributed by atoms with Crippen LogP contribution in [0.5, 0.6) is 0 Å². The van der Waals surface area contributed by atoms with E-state index in [4.69, 9.17) is 15.5 Å². The van der Waals surface area contributed by atoms with Crippen LogP contribution >= 0.6 is 7.60 Å². The highest BCUT2D eigenvalue weighted by atomic mass is 31.2. The van der Waals surface area contributed by atoms with Gasteiger partial charge in [0.2, 0.25) is 5.91 Å². The summed E-state index contributed by atoms with van der Waals surface area (Å²) in [7, 11) is -4.21. The van der Waals surface area contributed by atoms with Crippen molar-refractivity contribution in [1.82, 2.24) is 5.32 Å². The van der Waals surface area contributed by atoms with E-state index in [2.05, 4.69) is 0 Å². The molecular formula is C4H11N2O4P. The van der Waals surface area contributed by atoms with Crippen LogP contribution in [0.25, 0.3) is 0 Å². The Morgan fingerprint density at radius 2 is 2.18 bits per heavy atom. The number of hydrogen-bond acceptors (Lipinski definition) is 3. The molecule has 66 valence electrons. The number of carbonyl (C=O) groups is 1. The molecule has 0 aliphatic rings. The Labute approximate surface area is 63.9 Å². The topological polar surface area (TPSA) is 113 Å². The smallest absolute Gasteiger partial charge is 0.341 e. The van der Waals surface area contributed by atoms with E-state index in [9.17, 15) is 9.36 Å². The molecular weight excluding hydrogens is 171 g/mol. The van der Waals surface area contributed by atoms with Crippen LogP contribution < -0.4 is 11.1 Å². The molecule has 0 saturated carbocycles. The molecule has 0 aliphatic heterocycles. The first-order valence-corrected chi connectivity index (χ1v) is 4.60. The fraction of sp³-hybridized carbons (Fsp3) is 0.750. The molecule has 0 aromatic carbocycles. The largest absolute Gasteiger partial charge is 0.347 e. The van der Waals surface area contributed by atoms with E-state index >= 15 is 0 Å². The van der Waals surface area contributed by atoms with Crippen molar-refractivity contribution in [2.24, 2.45) is 5.73 Å². The van der Waals surface area contributed by atoms with Gasteiger partial charge in [-0.3, -0.25) is 9.36 Å². The van der Waals surface area contributed by atoms with Gasteiger partial charge < -0.3 is 20.8 Å². The third kappa shape index (κ3) is 4.10. The minimum Gasteiger partial charge on any atom is -0.341 e. The molecule has 5 N–H and O–H groups in total. The molecule has 0 rings (SSSR count). The summed E-state index contributed by atoms with van der Waals surface area (Å²) in [5.74, 6) is -1.75. The Hall–Kier alpha value is -0.420. The first-order chi connectivity index (χ1) is 4.88. The minimum absolute atomic E-state index is 0.273. The predicted molar refractivity (Wildman–Crippen MR) is 38.7 cm³/mol. The molecule has 0 aromatic heterocycles. The van der Waals surface area contributed by atoms with E-state index < -0.39 is 19.3 Å². The molecule has 6 nitrogen and oxygen atoms in total. The van der Waals surface area contributed by atoms with Gasteiger partial charge in [-0.15, -0.1) is 0 Å². The fourth-order valence-corrected chi connectivity index (χ4v) is 0.688. The molecule has 0 radical (unpaired) electrons. The first-order valence-electron chi connectivity index (χ1n) is 2.92. The summed E-state index contributed by atoms with van der Waals surface area (Å²) in [5, 5.41) is 2.04. The van der Waals surface area contributed by atoms with Gasteiger partial charge in [-0.25, -0.2) is 0 Å². The average Bonchev–Trinajstić information content (AvgIpc) is 1.85. The Kier molecular flexibility index (Phi) is 3.68. The second kappa shape index (κ2) is 3.82. The standard InChI is InChI=1S/C4H11N2O4P/c1-3(11(8,9)10)6-4(7)2-5/h3H,2,5H2,1H3,(H,6,7)(H2,8,9,10).